The lowest BCUT2D eigenvalue weighted by Gasteiger charge is -2.15. The zero-order valence-electron chi connectivity index (χ0n) is 25.3. The second-order valence-electron chi connectivity index (χ2n) is 12.1. The van der Waals surface area contributed by atoms with Crippen molar-refractivity contribution in [2.75, 3.05) is 0 Å². The number of hydrogen-bond donors (Lipinski definition) is 0. The Morgan fingerprint density at radius 1 is 0.447 bits per heavy atom. The summed E-state index contributed by atoms with van der Waals surface area (Å²) in [6.45, 7) is 0. The zero-order chi connectivity index (χ0) is 30.9. The smallest absolute Gasteiger partial charge is 0.137 e. The average Bonchev–Trinajstić information content (AvgIpc) is 3.53. The Kier molecular flexibility index (Phi) is 5.54. The van der Waals surface area contributed by atoms with Gasteiger partial charge < -0.3 is 0 Å². The van der Waals surface area contributed by atoms with Crippen molar-refractivity contribution >= 4 is 49.0 Å². The van der Waals surface area contributed by atoms with Crippen molar-refractivity contribution in [3.8, 4) is 44.8 Å². The number of aromatic nitrogens is 4. The number of benzene rings is 7. The molecule has 0 aliphatic carbocycles. The van der Waals surface area contributed by atoms with Gasteiger partial charge in [0.05, 0.1) is 22.4 Å². The maximum atomic E-state index is 5.01. The molecule has 0 aliphatic rings. The predicted molar refractivity (Wildman–Crippen MR) is 194 cm³/mol. The fraction of sp³-hybridized carbons (Fsp3) is 0. The highest BCUT2D eigenvalue weighted by Gasteiger charge is 2.17. The summed E-state index contributed by atoms with van der Waals surface area (Å²) in [6, 6.07) is 50.0. The molecule has 0 fully saturated rings. The van der Waals surface area contributed by atoms with Crippen molar-refractivity contribution in [2.24, 2.45) is 0 Å². The Hall–Kier alpha value is -6.39. The molecule has 0 unspecified atom stereocenters. The van der Waals surface area contributed by atoms with Gasteiger partial charge >= 0.3 is 0 Å². The third-order valence-corrected chi connectivity index (χ3v) is 9.41. The van der Waals surface area contributed by atoms with E-state index in [0.717, 1.165) is 50.3 Å². The molecule has 4 nitrogen and oxygen atoms in total. The molecule has 0 amide bonds. The minimum atomic E-state index is 0.908. The molecule has 3 heterocycles. The van der Waals surface area contributed by atoms with Gasteiger partial charge in [0.2, 0.25) is 0 Å². The van der Waals surface area contributed by atoms with Gasteiger partial charge in [-0.2, -0.15) is 0 Å². The third-order valence-electron chi connectivity index (χ3n) is 9.41. The first-order chi connectivity index (χ1) is 23.3. The van der Waals surface area contributed by atoms with Crippen LogP contribution in [0.1, 0.15) is 0 Å². The largest absolute Gasteiger partial charge is 0.299 e. The van der Waals surface area contributed by atoms with Gasteiger partial charge in [0.15, 0.2) is 0 Å². The molecule has 0 bridgehead atoms. The maximum Gasteiger partial charge on any atom is 0.137 e. The van der Waals surface area contributed by atoms with Crippen LogP contribution >= 0.6 is 0 Å². The summed E-state index contributed by atoms with van der Waals surface area (Å²) in [4.78, 5) is 14.2. The first kappa shape index (κ1) is 25.9. The number of para-hydroxylation sites is 1. The lowest BCUT2D eigenvalue weighted by molar-refractivity contribution is 1.19. The number of nitrogens with zero attached hydrogens (tertiary/aromatic N) is 4. The van der Waals surface area contributed by atoms with Crippen LogP contribution in [0.5, 0.6) is 0 Å². The predicted octanol–water partition coefficient (Wildman–Crippen LogP) is 10.8. The molecule has 0 aliphatic heterocycles. The summed E-state index contributed by atoms with van der Waals surface area (Å²) in [5, 5.41) is 7.57. The molecule has 0 radical (unpaired) electrons. The molecule has 7 aromatic carbocycles. The van der Waals surface area contributed by atoms with Crippen LogP contribution < -0.4 is 0 Å². The summed E-state index contributed by atoms with van der Waals surface area (Å²) < 4.78 is 2.18. The summed E-state index contributed by atoms with van der Waals surface area (Å²) in [5.74, 6) is 0. The first-order valence-electron chi connectivity index (χ1n) is 15.8. The second-order valence-corrected chi connectivity index (χ2v) is 12.1. The SMILES string of the molecule is c1ccc(-c2nc3ccccn3c2-c2ccc(-c3cc4ccc5cc(-c6cccc7nccnc67)cc6ccc(c3)c4c56)cc2)cc1. The van der Waals surface area contributed by atoms with Crippen molar-refractivity contribution in [1.29, 1.82) is 0 Å². The molecule has 4 heteroatoms. The lowest BCUT2D eigenvalue weighted by Crippen LogP contribution is -1.90. The molecular weight excluding hydrogens is 573 g/mol. The Morgan fingerprint density at radius 2 is 1.09 bits per heavy atom. The third kappa shape index (κ3) is 4.05. The van der Waals surface area contributed by atoms with E-state index in [4.69, 9.17) is 4.98 Å². The van der Waals surface area contributed by atoms with E-state index < -0.39 is 0 Å². The minimum absolute atomic E-state index is 0.908. The molecule has 47 heavy (non-hydrogen) atoms. The van der Waals surface area contributed by atoms with E-state index in [1.165, 1.54) is 43.4 Å². The first-order valence-corrected chi connectivity index (χ1v) is 15.8. The van der Waals surface area contributed by atoms with E-state index >= 15 is 0 Å². The maximum absolute atomic E-state index is 5.01. The molecule has 218 valence electrons. The van der Waals surface area contributed by atoms with Crippen LogP contribution in [0.3, 0.4) is 0 Å². The highest BCUT2D eigenvalue weighted by molar-refractivity contribution is 6.24. The number of rotatable bonds is 4. The van der Waals surface area contributed by atoms with Crippen LogP contribution in [0.2, 0.25) is 0 Å². The lowest BCUT2D eigenvalue weighted by atomic mass is 9.89. The molecule has 0 atom stereocenters. The van der Waals surface area contributed by atoms with Gasteiger partial charge in [-0.1, -0.05) is 97.1 Å². The average molecular weight is 599 g/mol. The molecule has 0 spiro atoms. The number of imidazole rings is 1. The van der Waals surface area contributed by atoms with Gasteiger partial charge in [0.25, 0.3) is 0 Å². The Balaban J connectivity index is 1.08. The van der Waals surface area contributed by atoms with Crippen LogP contribution in [-0.4, -0.2) is 19.4 Å². The molecule has 10 aromatic rings. The van der Waals surface area contributed by atoms with Crippen molar-refractivity contribution in [2.45, 2.75) is 0 Å². The van der Waals surface area contributed by atoms with Crippen molar-refractivity contribution in [3.63, 3.8) is 0 Å². The van der Waals surface area contributed by atoms with E-state index in [2.05, 4.69) is 142 Å². The van der Waals surface area contributed by atoms with Gasteiger partial charge in [0, 0.05) is 35.3 Å². The summed E-state index contributed by atoms with van der Waals surface area (Å²) in [7, 11) is 0. The topological polar surface area (TPSA) is 43.1 Å². The molecule has 0 saturated carbocycles. The van der Waals surface area contributed by atoms with Crippen molar-refractivity contribution in [1.82, 2.24) is 19.4 Å². The van der Waals surface area contributed by atoms with Crippen LogP contribution in [0.15, 0.2) is 158 Å². The van der Waals surface area contributed by atoms with E-state index in [-0.39, 0.29) is 0 Å². The summed E-state index contributed by atoms with van der Waals surface area (Å²) in [6.07, 6.45) is 5.61. The fourth-order valence-corrected chi connectivity index (χ4v) is 7.28. The quantitative estimate of drug-likeness (QED) is 0.189. The van der Waals surface area contributed by atoms with Crippen LogP contribution in [0, 0.1) is 0 Å². The van der Waals surface area contributed by atoms with Gasteiger partial charge in [-0.25, -0.2) is 4.98 Å². The van der Waals surface area contributed by atoms with E-state index in [0.29, 0.717) is 0 Å². The Morgan fingerprint density at radius 3 is 1.81 bits per heavy atom. The summed E-state index contributed by atoms with van der Waals surface area (Å²) in [5.41, 5.74) is 11.8. The number of hydrogen-bond acceptors (Lipinski definition) is 3. The minimum Gasteiger partial charge on any atom is -0.299 e. The summed E-state index contributed by atoms with van der Waals surface area (Å²) >= 11 is 0. The standard InChI is InChI=1S/C43H26N4/c1-2-7-28(8-3-1)41-43(47-22-5-4-11-38(47)46-41)29-14-12-27(13-15-29)34-23-30-16-18-32-25-35(26-33-19-17-31(24-34)39(30)40(32)33)36-9-6-10-37-42(36)45-21-20-44-37/h1-26H. The van der Waals surface area contributed by atoms with Gasteiger partial charge in [-0.15, -0.1) is 0 Å². The highest BCUT2D eigenvalue weighted by atomic mass is 15.0. The Bertz CT molecular complexity index is 2710. The van der Waals surface area contributed by atoms with E-state index in [1.54, 1.807) is 12.4 Å². The highest BCUT2D eigenvalue weighted by Crippen LogP contribution is 2.41. The van der Waals surface area contributed by atoms with Gasteiger partial charge in [-0.05, 0) is 91.5 Å². The van der Waals surface area contributed by atoms with E-state index in [1.807, 2.05) is 18.2 Å². The van der Waals surface area contributed by atoms with Gasteiger partial charge in [0.1, 0.15) is 5.65 Å². The molecule has 0 saturated heterocycles. The normalized spacial score (nSPS) is 11.8. The van der Waals surface area contributed by atoms with Crippen LogP contribution in [0.25, 0.3) is 93.8 Å². The van der Waals surface area contributed by atoms with Crippen LogP contribution in [0.4, 0.5) is 0 Å². The van der Waals surface area contributed by atoms with Crippen molar-refractivity contribution in [3.05, 3.63) is 158 Å². The van der Waals surface area contributed by atoms with E-state index in [9.17, 15) is 0 Å². The van der Waals surface area contributed by atoms with Crippen LogP contribution in [-0.2, 0) is 0 Å². The molecule has 0 N–H and O–H groups in total. The number of fused-ring (bicyclic) bond motifs is 2. The fourth-order valence-electron chi connectivity index (χ4n) is 7.28. The molecular formula is C43H26N4. The zero-order valence-corrected chi connectivity index (χ0v) is 25.3. The number of pyridine rings is 1. The molecule has 10 rings (SSSR count). The second kappa shape index (κ2) is 10.1. The van der Waals surface area contributed by atoms with Gasteiger partial charge in [-0.3, -0.25) is 14.4 Å². The monoisotopic (exact) mass is 598 g/mol. The Labute approximate surface area is 270 Å². The van der Waals surface area contributed by atoms with Crippen molar-refractivity contribution < 1.29 is 0 Å². The molecule has 3 aromatic heterocycles.